The summed E-state index contributed by atoms with van der Waals surface area (Å²) < 4.78 is 0. The van der Waals surface area contributed by atoms with Crippen molar-refractivity contribution in [1.29, 1.82) is 0 Å². The van der Waals surface area contributed by atoms with E-state index < -0.39 is 0 Å². The van der Waals surface area contributed by atoms with Crippen molar-refractivity contribution in [2.45, 2.75) is 26.3 Å². The van der Waals surface area contributed by atoms with Gasteiger partial charge >= 0.3 is 0 Å². The number of hydrogen-bond donors (Lipinski definition) is 2. The molecule has 3 N–H and O–H groups in total. The number of nitrogens with zero attached hydrogens (tertiary/aromatic N) is 1. The van der Waals surface area contributed by atoms with Gasteiger partial charge in [-0.15, -0.1) is 0 Å². The number of Topliss-reactive ketones (excluding diaryl/α,β-unsaturated/α-hetero) is 1. The Balaban J connectivity index is 0.000000204. The van der Waals surface area contributed by atoms with Crippen LogP contribution in [0.5, 0.6) is 0 Å². The van der Waals surface area contributed by atoms with E-state index in [4.69, 9.17) is 5.73 Å². The number of aliphatic hydroxyl groups is 1. The van der Waals surface area contributed by atoms with E-state index in [0.29, 0.717) is 18.5 Å². The quantitative estimate of drug-likeness (QED) is 0.870. The summed E-state index contributed by atoms with van der Waals surface area (Å²) >= 11 is 0. The van der Waals surface area contributed by atoms with Crippen LogP contribution in [0.15, 0.2) is 41.7 Å². The Labute approximate surface area is 120 Å². The maximum atomic E-state index is 10.9. The Bertz CT molecular complexity index is 467. The van der Waals surface area contributed by atoms with Crippen molar-refractivity contribution in [3.63, 3.8) is 0 Å². The molecule has 4 heteroatoms. The lowest BCUT2D eigenvalue weighted by atomic mass is 10.0. The first-order valence-corrected chi connectivity index (χ1v) is 6.82. The minimum absolute atomic E-state index is 0.00407. The summed E-state index contributed by atoms with van der Waals surface area (Å²) in [5.74, 6) is 0.238. The molecule has 1 aliphatic rings. The Hall–Kier alpha value is -1.65. The number of benzene rings is 1. The number of ketones is 1. The van der Waals surface area contributed by atoms with E-state index in [0.717, 1.165) is 6.54 Å². The van der Waals surface area contributed by atoms with Crippen LogP contribution < -0.4 is 5.73 Å². The number of nitrogens with two attached hydrogens (primary N) is 1. The third-order valence-electron chi connectivity index (χ3n) is 3.26. The van der Waals surface area contributed by atoms with Crippen LogP contribution in [0.1, 0.15) is 31.9 Å². The molecule has 0 amide bonds. The fourth-order valence-corrected chi connectivity index (χ4v) is 2.01. The SMILES string of the molecule is CC(=O)C1=C(O)CN(C)CC1.CC(N)c1ccccc1. The van der Waals surface area contributed by atoms with Crippen LogP contribution in [0.3, 0.4) is 0 Å². The normalized spacial score (nSPS) is 17.2. The minimum atomic E-state index is -0.00407. The molecule has 1 atom stereocenters. The molecule has 110 valence electrons. The molecule has 0 radical (unpaired) electrons. The van der Waals surface area contributed by atoms with Gasteiger partial charge in [0.05, 0.1) is 6.54 Å². The van der Waals surface area contributed by atoms with Crippen LogP contribution in [-0.2, 0) is 4.79 Å². The Kier molecular flexibility index (Phi) is 6.42. The predicted molar refractivity (Wildman–Crippen MR) is 81.5 cm³/mol. The first kappa shape index (κ1) is 16.4. The Morgan fingerprint density at radius 2 is 1.95 bits per heavy atom. The van der Waals surface area contributed by atoms with Crippen molar-refractivity contribution in [2.24, 2.45) is 5.73 Å². The van der Waals surface area contributed by atoms with Crippen molar-refractivity contribution in [3.05, 3.63) is 47.2 Å². The van der Waals surface area contributed by atoms with E-state index in [-0.39, 0.29) is 17.6 Å². The highest BCUT2D eigenvalue weighted by molar-refractivity contribution is 5.93. The van der Waals surface area contributed by atoms with E-state index in [1.54, 1.807) is 0 Å². The zero-order valence-corrected chi connectivity index (χ0v) is 12.5. The van der Waals surface area contributed by atoms with E-state index >= 15 is 0 Å². The molecule has 0 fully saturated rings. The van der Waals surface area contributed by atoms with Gasteiger partial charge < -0.3 is 10.8 Å². The maximum Gasteiger partial charge on any atom is 0.159 e. The molecule has 4 nitrogen and oxygen atoms in total. The monoisotopic (exact) mass is 276 g/mol. The summed E-state index contributed by atoms with van der Waals surface area (Å²) in [7, 11) is 1.92. The fourth-order valence-electron chi connectivity index (χ4n) is 2.01. The van der Waals surface area contributed by atoms with Gasteiger partial charge in [-0.3, -0.25) is 9.69 Å². The van der Waals surface area contributed by atoms with Crippen molar-refractivity contribution < 1.29 is 9.90 Å². The van der Waals surface area contributed by atoms with Gasteiger partial charge in [0.2, 0.25) is 0 Å². The molecule has 1 aromatic carbocycles. The van der Waals surface area contributed by atoms with Crippen LogP contribution in [0.4, 0.5) is 0 Å². The summed E-state index contributed by atoms with van der Waals surface area (Å²) in [6.07, 6.45) is 0.678. The zero-order chi connectivity index (χ0) is 15.1. The van der Waals surface area contributed by atoms with E-state index in [2.05, 4.69) is 0 Å². The molecule has 0 spiro atoms. The van der Waals surface area contributed by atoms with Crippen molar-refractivity contribution in [2.75, 3.05) is 20.1 Å². The molecule has 1 aromatic rings. The van der Waals surface area contributed by atoms with Gasteiger partial charge in [-0.2, -0.15) is 0 Å². The molecule has 0 aliphatic carbocycles. The highest BCUT2D eigenvalue weighted by Gasteiger charge is 2.17. The van der Waals surface area contributed by atoms with E-state index in [9.17, 15) is 9.90 Å². The zero-order valence-electron chi connectivity index (χ0n) is 12.5. The third-order valence-corrected chi connectivity index (χ3v) is 3.26. The number of likely N-dealkylation sites (N-methyl/N-ethyl adjacent to an activating group) is 1. The van der Waals surface area contributed by atoms with Crippen LogP contribution in [0.25, 0.3) is 0 Å². The molecule has 20 heavy (non-hydrogen) atoms. The fraction of sp³-hybridized carbons (Fsp3) is 0.438. The number of rotatable bonds is 2. The standard InChI is InChI=1S/C8H13NO2.C8H11N/c1-6(10)7-3-4-9(2)5-8(7)11;1-7(9)8-5-3-2-4-6-8/h11H,3-5H2,1-2H3;2-7H,9H2,1H3. The topological polar surface area (TPSA) is 66.6 Å². The van der Waals surface area contributed by atoms with Crippen LogP contribution in [0.2, 0.25) is 0 Å². The number of carbonyl (C=O) groups excluding carboxylic acids is 1. The summed E-state index contributed by atoms with van der Waals surface area (Å²) in [5, 5.41) is 9.33. The third kappa shape index (κ3) is 5.15. The van der Waals surface area contributed by atoms with Gasteiger partial charge in [-0.1, -0.05) is 30.3 Å². The van der Waals surface area contributed by atoms with Crippen molar-refractivity contribution in [1.82, 2.24) is 4.90 Å². The molecule has 1 heterocycles. The lowest BCUT2D eigenvalue weighted by molar-refractivity contribution is -0.114. The molecule has 1 aliphatic heterocycles. The maximum absolute atomic E-state index is 10.9. The van der Waals surface area contributed by atoms with Crippen LogP contribution >= 0.6 is 0 Å². The molecule has 2 rings (SSSR count). The van der Waals surface area contributed by atoms with E-state index in [1.165, 1.54) is 12.5 Å². The minimum Gasteiger partial charge on any atom is -0.511 e. The Morgan fingerprint density at radius 1 is 1.35 bits per heavy atom. The molecule has 0 bridgehead atoms. The number of aliphatic hydroxyl groups excluding tert-OH is 1. The van der Waals surface area contributed by atoms with Gasteiger partial charge in [-0.05, 0) is 32.9 Å². The van der Waals surface area contributed by atoms with Crippen molar-refractivity contribution >= 4 is 5.78 Å². The predicted octanol–water partition coefficient (Wildman–Crippen LogP) is 2.43. The summed E-state index contributed by atoms with van der Waals surface area (Å²) in [6, 6.07) is 10.2. The summed E-state index contributed by atoms with van der Waals surface area (Å²) in [6.45, 7) is 4.85. The second-order valence-electron chi connectivity index (χ2n) is 5.17. The largest absolute Gasteiger partial charge is 0.511 e. The summed E-state index contributed by atoms with van der Waals surface area (Å²) in [4.78, 5) is 12.9. The van der Waals surface area contributed by atoms with Gasteiger partial charge in [0, 0.05) is 18.2 Å². The lowest BCUT2D eigenvalue weighted by Gasteiger charge is -2.23. The number of hydrogen-bond acceptors (Lipinski definition) is 4. The van der Waals surface area contributed by atoms with E-state index in [1.807, 2.05) is 49.2 Å². The second-order valence-corrected chi connectivity index (χ2v) is 5.17. The first-order chi connectivity index (χ1) is 9.41. The van der Waals surface area contributed by atoms with Crippen LogP contribution in [-0.4, -0.2) is 35.9 Å². The molecule has 0 saturated carbocycles. The molecule has 0 aromatic heterocycles. The molecule has 0 saturated heterocycles. The van der Waals surface area contributed by atoms with Gasteiger partial charge in [-0.25, -0.2) is 0 Å². The van der Waals surface area contributed by atoms with Gasteiger partial charge in [0.25, 0.3) is 0 Å². The summed E-state index contributed by atoms with van der Waals surface area (Å²) in [5.41, 5.74) is 7.41. The van der Waals surface area contributed by atoms with Crippen molar-refractivity contribution in [3.8, 4) is 0 Å². The first-order valence-electron chi connectivity index (χ1n) is 6.82. The average molecular weight is 276 g/mol. The smallest absolute Gasteiger partial charge is 0.159 e. The molecular weight excluding hydrogens is 252 g/mol. The van der Waals surface area contributed by atoms with Gasteiger partial charge in [0.1, 0.15) is 5.76 Å². The highest BCUT2D eigenvalue weighted by Crippen LogP contribution is 2.15. The average Bonchev–Trinajstić information content (AvgIpc) is 2.40. The van der Waals surface area contributed by atoms with Crippen LogP contribution in [0, 0.1) is 0 Å². The molecule has 1 unspecified atom stereocenters. The second kappa shape index (κ2) is 7.82. The molecular formula is C16H24N2O2. The van der Waals surface area contributed by atoms with Gasteiger partial charge in [0.15, 0.2) is 5.78 Å². The number of carbonyl (C=O) groups is 1. The Morgan fingerprint density at radius 3 is 2.35 bits per heavy atom. The highest BCUT2D eigenvalue weighted by atomic mass is 16.3. The lowest BCUT2D eigenvalue weighted by Crippen LogP contribution is -2.29.